The molecule has 1 aromatic heterocycles. The van der Waals surface area contributed by atoms with Gasteiger partial charge in [-0.2, -0.15) is 4.98 Å². The molecule has 5 nitrogen and oxygen atoms in total. The summed E-state index contributed by atoms with van der Waals surface area (Å²) in [6.45, 7) is 0.413. The minimum Gasteiger partial charge on any atom is -0.497 e. The average molecular weight is 267 g/mol. The molecule has 0 fully saturated rings. The molecule has 0 aliphatic carbocycles. The van der Waals surface area contributed by atoms with Crippen molar-refractivity contribution in [3.8, 4) is 47.8 Å². The molecule has 2 aromatic rings. The van der Waals surface area contributed by atoms with Crippen LogP contribution in [-0.4, -0.2) is 28.5 Å². The summed E-state index contributed by atoms with van der Waals surface area (Å²) >= 11 is 0. The Balaban J connectivity index is 2.35. The molecule has 0 aliphatic heterocycles. The second-order valence-corrected chi connectivity index (χ2v) is 3.80. The molecule has 0 amide bonds. The van der Waals surface area contributed by atoms with Gasteiger partial charge in [0, 0.05) is 5.56 Å². The highest BCUT2D eigenvalue weighted by atomic mass is 16.5. The van der Waals surface area contributed by atoms with Crippen molar-refractivity contribution in [2.24, 2.45) is 0 Å². The van der Waals surface area contributed by atoms with Gasteiger partial charge < -0.3 is 9.47 Å². The quantitative estimate of drug-likeness (QED) is 0.772. The summed E-state index contributed by atoms with van der Waals surface area (Å²) in [6.07, 6.45) is 10.5. The molecule has 1 heterocycles. The summed E-state index contributed by atoms with van der Waals surface area (Å²) in [4.78, 5) is 4.29. The van der Waals surface area contributed by atoms with Crippen LogP contribution in [0.4, 0.5) is 0 Å². The molecule has 0 N–H and O–H groups in total. The summed E-state index contributed by atoms with van der Waals surface area (Å²) in [5, 5.41) is 4.17. The summed E-state index contributed by atoms with van der Waals surface area (Å²) in [7, 11) is 1.61. The van der Waals surface area contributed by atoms with E-state index in [0.29, 0.717) is 12.4 Å². The molecule has 20 heavy (non-hydrogen) atoms. The van der Waals surface area contributed by atoms with Gasteiger partial charge >= 0.3 is 6.01 Å². The van der Waals surface area contributed by atoms with E-state index in [9.17, 15) is 0 Å². The molecule has 2 rings (SSSR count). The number of terminal acetylenes is 2. The zero-order valence-corrected chi connectivity index (χ0v) is 11.0. The van der Waals surface area contributed by atoms with Crippen molar-refractivity contribution in [3.05, 3.63) is 24.3 Å². The van der Waals surface area contributed by atoms with E-state index in [0.717, 1.165) is 11.3 Å². The van der Waals surface area contributed by atoms with E-state index in [2.05, 4.69) is 21.9 Å². The maximum Gasteiger partial charge on any atom is 0.337 e. The Kier molecular flexibility index (Phi) is 4.26. The van der Waals surface area contributed by atoms with Crippen molar-refractivity contribution >= 4 is 0 Å². The number of aromatic nitrogens is 3. The normalized spacial score (nSPS) is 9.55. The van der Waals surface area contributed by atoms with Gasteiger partial charge in [-0.15, -0.1) is 17.9 Å². The molecule has 0 radical (unpaired) electrons. The highest BCUT2D eigenvalue weighted by Gasteiger charge is 2.12. The lowest BCUT2D eigenvalue weighted by Gasteiger charge is -2.03. The molecule has 0 bridgehead atoms. The highest BCUT2D eigenvalue weighted by molar-refractivity contribution is 5.57. The van der Waals surface area contributed by atoms with Crippen LogP contribution >= 0.6 is 0 Å². The first-order valence-corrected chi connectivity index (χ1v) is 5.87. The maximum absolute atomic E-state index is 5.33. The predicted molar refractivity (Wildman–Crippen MR) is 75.2 cm³/mol. The fourth-order valence-corrected chi connectivity index (χ4v) is 1.64. The fraction of sp³-hybridized carbons (Fsp3) is 0.200. The maximum atomic E-state index is 5.33. The largest absolute Gasteiger partial charge is 0.497 e. The number of hydrogen-bond donors (Lipinski definition) is 0. The molecule has 0 aliphatic rings. The third-order valence-corrected chi connectivity index (χ3v) is 2.53. The van der Waals surface area contributed by atoms with Crippen LogP contribution in [0.25, 0.3) is 11.4 Å². The summed E-state index contributed by atoms with van der Waals surface area (Å²) in [5.74, 6) is 6.28. The third-order valence-electron chi connectivity index (χ3n) is 2.53. The van der Waals surface area contributed by atoms with Crippen LogP contribution in [0.3, 0.4) is 0 Å². The Morgan fingerprint density at radius 1 is 1.20 bits per heavy atom. The molecule has 1 aromatic carbocycles. The smallest absolute Gasteiger partial charge is 0.337 e. The minimum absolute atomic E-state index is 0.113. The Bertz CT molecular complexity index is 660. The second kappa shape index (κ2) is 6.31. The number of methoxy groups -OCH3 is 1. The molecular formula is C15H13N3O2. The van der Waals surface area contributed by atoms with Crippen LogP contribution in [0, 0.1) is 24.7 Å². The first-order valence-electron chi connectivity index (χ1n) is 5.87. The highest BCUT2D eigenvalue weighted by Crippen LogP contribution is 2.22. The van der Waals surface area contributed by atoms with E-state index < -0.39 is 0 Å². The summed E-state index contributed by atoms with van der Waals surface area (Å²) < 4.78 is 11.9. The molecule has 5 heteroatoms. The molecular weight excluding hydrogens is 254 g/mol. The predicted octanol–water partition coefficient (Wildman–Crippen LogP) is 1.60. The lowest BCUT2D eigenvalue weighted by atomic mass is 10.2. The van der Waals surface area contributed by atoms with Gasteiger partial charge in [-0.3, -0.25) is 0 Å². The monoisotopic (exact) mass is 267 g/mol. The zero-order chi connectivity index (χ0) is 14.4. The molecule has 0 unspecified atom stereocenters. The molecule has 0 atom stereocenters. The fourth-order valence-electron chi connectivity index (χ4n) is 1.64. The van der Waals surface area contributed by atoms with Gasteiger partial charge in [0.1, 0.15) is 12.3 Å². The average Bonchev–Trinajstić information content (AvgIpc) is 2.88. The van der Waals surface area contributed by atoms with E-state index in [1.807, 2.05) is 24.3 Å². The van der Waals surface area contributed by atoms with Crippen molar-refractivity contribution in [1.82, 2.24) is 14.8 Å². The van der Waals surface area contributed by atoms with Gasteiger partial charge in [0.2, 0.25) is 0 Å². The van der Waals surface area contributed by atoms with Gasteiger partial charge in [-0.1, -0.05) is 11.8 Å². The lowest BCUT2D eigenvalue weighted by Crippen LogP contribution is -2.01. The summed E-state index contributed by atoms with van der Waals surface area (Å²) in [6, 6.07) is 7.64. The number of rotatable bonds is 5. The van der Waals surface area contributed by atoms with E-state index in [1.54, 1.807) is 11.8 Å². The lowest BCUT2D eigenvalue weighted by molar-refractivity contribution is 0.338. The van der Waals surface area contributed by atoms with Gasteiger partial charge in [-0.05, 0) is 24.3 Å². The first kappa shape index (κ1) is 13.5. The van der Waals surface area contributed by atoms with Gasteiger partial charge in [0.15, 0.2) is 12.4 Å². The van der Waals surface area contributed by atoms with Crippen LogP contribution in [0.1, 0.15) is 0 Å². The van der Waals surface area contributed by atoms with Crippen LogP contribution < -0.4 is 9.47 Å². The van der Waals surface area contributed by atoms with Gasteiger partial charge in [0.05, 0.1) is 7.11 Å². The third kappa shape index (κ3) is 2.90. The molecule has 0 spiro atoms. The number of hydrogen-bond acceptors (Lipinski definition) is 4. The minimum atomic E-state index is 0.113. The van der Waals surface area contributed by atoms with Crippen molar-refractivity contribution in [3.63, 3.8) is 0 Å². The summed E-state index contributed by atoms with van der Waals surface area (Å²) in [5.41, 5.74) is 0.865. The molecule has 100 valence electrons. The topological polar surface area (TPSA) is 49.2 Å². The van der Waals surface area contributed by atoms with Crippen molar-refractivity contribution < 1.29 is 9.47 Å². The van der Waals surface area contributed by atoms with E-state index in [4.69, 9.17) is 22.3 Å². The van der Waals surface area contributed by atoms with Crippen LogP contribution in [0.5, 0.6) is 11.8 Å². The number of benzene rings is 1. The van der Waals surface area contributed by atoms with E-state index >= 15 is 0 Å². The molecule has 0 saturated heterocycles. The second-order valence-electron chi connectivity index (χ2n) is 3.80. The number of ether oxygens (including phenoxy) is 2. The van der Waals surface area contributed by atoms with Crippen molar-refractivity contribution in [2.45, 2.75) is 6.54 Å². The van der Waals surface area contributed by atoms with Crippen LogP contribution in [0.15, 0.2) is 24.3 Å². The molecule has 0 saturated carbocycles. The SMILES string of the molecule is C#CCOc1nc(-c2ccc(OC)cc2)n(CC#C)n1. The van der Waals surface area contributed by atoms with Crippen molar-refractivity contribution in [2.75, 3.05) is 13.7 Å². The van der Waals surface area contributed by atoms with Gasteiger partial charge in [0.25, 0.3) is 0 Å². The Labute approximate surface area is 117 Å². The van der Waals surface area contributed by atoms with E-state index in [1.165, 1.54) is 0 Å². The van der Waals surface area contributed by atoms with Crippen LogP contribution in [-0.2, 0) is 6.54 Å². The number of nitrogens with zero attached hydrogens (tertiary/aromatic N) is 3. The first-order chi connectivity index (χ1) is 9.78. The Morgan fingerprint density at radius 2 is 1.95 bits per heavy atom. The van der Waals surface area contributed by atoms with E-state index in [-0.39, 0.29) is 12.6 Å². The van der Waals surface area contributed by atoms with Gasteiger partial charge in [-0.25, -0.2) is 4.68 Å². The zero-order valence-electron chi connectivity index (χ0n) is 11.0. The standard InChI is InChI=1S/C15H13N3O2/c1-4-10-18-14(16-15(17-18)20-11-5-2)12-6-8-13(19-3)9-7-12/h1-2,6-9H,10-11H2,3H3. The van der Waals surface area contributed by atoms with Crippen LogP contribution in [0.2, 0.25) is 0 Å². The Morgan fingerprint density at radius 3 is 2.55 bits per heavy atom. The Hall–Kier alpha value is -2.92. The van der Waals surface area contributed by atoms with Crippen molar-refractivity contribution in [1.29, 1.82) is 0 Å².